The van der Waals surface area contributed by atoms with Crippen molar-refractivity contribution in [1.29, 1.82) is 0 Å². The van der Waals surface area contributed by atoms with Crippen molar-refractivity contribution in [2.75, 3.05) is 12.4 Å². The number of anilines is 1. The van der Waals surface area contributed by atoms with E-state index < -0.39 is 5.97 Å². The van der Waals surface area contributed by atoms with Gasteiger partial charge in [-0.15, -0.1) is 0 Å². The van der Waals surface area contributed by atoms with Gasteiger partial charge in [-0.1, -0.05) is 0 Å². The second kappa shape index (κ2) is 6.13. The van der Waals surface area contributed by atoms with E-state index >= 15 is 0 Å². The van der Waals surface area contributed by atoms with Gasteiger partial charge in [-0.05, 0) is 38.1 Å². The summed E-state index contributed by atoms with van der Waals surface area (Å²) in [4.78, 5) is 31.5. The number of hydrogen-bond donors (Lipinski definition) is 1. The molecule has 6 heteroatoms. The Labute approximate surface area is 122 Å². The van der Waals surface area contributed by atoms with Crippen molar-refractivity contribution in [3.63, 3.8) is 0 Å². The smallest absolute Gasteiger partial charge is 0.337 e. The van der Waals surface area contributed by atoms with Gasteiger partial charge >= 0.3 is 5.97 Å². The number of hydrogen-bond acceptors (Lipinski definition) is 5. The molecule has 0 atom stereocenters. The molecule has 0 fully saturated rings. The molecule has 0 radical (unpaired) electrons. The first-order valence-corrected chi connectivity index (χ1v) is 6.31. The van der Waals surface area contributed by atoms with E-state index in [1.165, 1.54) is 13.4 Å². The molecule has 0 aliphatic carbocycles. The first-order chi connectivity index (χ1) is 10.0. The molecule has 0 aliphatic heterocycles. The van der Waals surface area contributed by atoms with Gasteiger partial charge < -0.3 is 10.1 Å². The topological polar surface area (TPSA) is 81.2 Å². The number of nitrogens with zero attached hydrogens (tertiary/aromatic N) is 2. The molecular weight excluding hydrogens is 270 g/mol. The number of aryl methyl sites for hydroxylation is 1. The summed E-state index contributed by atoms with van der Waals surface area (Å²) < 4.78 is 4.61. The molecule has 1 aromatic heterocycles. The molecule has 0 bridgehead atoms. The fourth-order valence-corrected chi connectivity index (χ4v) is 1.76. The summed E-state index contributed by atoms with van der Waals surface area (Å²) in [6, 6.07) is 6.43. The highest BCUT2D eigenvalue weighted by molar-refractivity contribution is 6.04. The van der Waals surface area contributed by atoms with E-state index in [9.17, 15) is 9.59 Å². The van der Waals surface area contributed by atoms with Crippen LogP contribution in [0.15, 0.2) is 30.6 Å². The predicted molar refractivity (Wildman–Crippen MR) is 77.2 cm³/mol. The maximum Gasteiger partial charge on any atom is 0.337 e. The van der Waals surface area contributed by atoms with E-state index in [0.717, 1.165) is 11.3 Å². The molecule has 1 heterocycles. The highest BCUT2D eigenvalue weighted by Crippen LogP contribution is 2.13. The van der Waals surface area contributed by atoms with E-state index in [2.05, 4.69) is 20.0 Å². The Morgan fingerprint density at radius 3 is 2.38 bits per heavy atom. The van der Waals surface area contributed by atoms with Crippen molar-refractivity contribution in [2.45, 2.75) is 13.8 Å². The van der Waals surface area contributed by atoms with Crippen LogP contribution in [0.3, 0.4) is 0 Å². The Hall–Kier alpha value is -2.76. The third kappa shape index (κ3) is 3.22. The minimum absolute atomic E-state index is 0.316. The zero-order valence-electron chi connectivity index (χ0n) is 12.0. The predicted octanol–water partition coefficient (Wildman–Crippen LogP) is 2.13. The number of nitrogens with one attached hydrogen (secondary N) is 1. The number of aromatic nitrogens is 2. The van der Waals surface area contributed by atoms with Gasteiger partial charge in [0, 0.05) is 16.9 Å². The summed E-state index contributed by atoms with van der Waals surface area (Å²) in [5, 5.41) is 2.73. The largest absolute Gasteiger partial charge is 0.465 e. The monoisotopic (exact) mass is 285 g/mol. The first-order valence-electron chi connectivity index (χ1n) is 6.31. The summed E-state index contributed by atoms with van der Waals surface area (Å²) >= 11 is 0. The van der Waals surface area contributed by atoms with Gasteiger partial charge in [0.15, 0.2) is 0 Å². The van der Waals surface area contributed by atoms with Crippen molar-refractivity contribution in [3.8, 4) is 0 Å². The molecule has 0 spiro atoms. The third-order valence-corrected chi connectivity index (χ3v) is 3.12. The normalized spacial score (nSPS) is 10.0. The van der Waals surface area contributed by atoms with Crippen LogP contribution in [0.1, 0.15) is 32.1 Å². The van der Waals surface area contributed by atoms with Crippen molar-refractivity contribution in [2.24, 2.45) is 0 Å². The van der Waals surface area contributed by atoms with Crippen molar-refractivity contribution >= 4 is 17.6 Å². The molecule has 108 valence electrons. The van der Waals surface area contributed by atoms with Gasteiger partial charge in [0.1, 0.15) is 12.0 Å². The lowest BCUT2D eigenvalue weighted by Crippen LogP contribution is -2.16. The van der Waals surface area contributed by atoms with Crippen LogP contribution in [-0.2, 0) is 4.74 Å². The zero-order valence-corrected chi connectivity index (χ0v) is 12.0. The van der Waals surface area contributed by atoms with E-state index in [-0.39, 0.29) is 5.91 Å². The lowest BCUT2D eigenvalue weighted by Gasteiger charge is -2.08. The van der Waals surface area contributed by atoms with Crippen molar-refractivity contribution < 1.29 is 14.3 Å². The quantitative estimate of drug-likeness (QED) is 0.874. The van der Waals surface area contributed by atoms with Crippen LogP contribution in [-0.4, -0.2) is 29.0 Å². The molecule has 21 heavy (non-hydrogen) atoms. The fourth-order valence-electron chi connectivity index (χ4n) is 1.76. The summed E-state index contributed by atoms with van der Waals surface area (Å²) in [6.45, 7) is 3.61. The number of carbonyl (C=O) groups is 2. The molecule has 2 aromatic rings. The molecule has 0 saturated carbocycles. The van der Waals surface area contributed by atoms with Gasteiger partial charge in [0.25, 0.3) is 5.91 Å². The average Bonchev–Trinajstić information content (AvgIpc) is 2.50. The highest BCUT2D eigenvalue weighted by atomic mass is 16.5. The van der Waals surface area contributed by atoms with Gasteiger partial charge in [-0.2, -0.15) is 0 Å². The SMILES string of the molecule is COC(=O)c1ccc(NC(=O)c2ncnc(C)c2C)cc1. The Balaban J connectivity index is 2.16. The van der Waals surface area contributed by atoms with Crippen LogP contribution < -0.4 is 5.32 Å². The third-order valence-electron chi connectivity index (χ3n) is 3.12. The lowest BCUT2D eigenvalue weighted by molar-refractivity contribution is 0.0600. The van der Waals surface area contributed by atoms with Crippen LogP contribution in [0.2, 0.25) is 0 Å². The molecule has 1 aromatic carbocycles. The van der Waals surface area contributed by atoms with Crippen molar-refractivity contribution in [3.05, 3.63) is 53.1 Å². The Kier molecular flexibility index (Phi) is 4.27. The standard InChI is InChI=1S/C15H15N3O3/c1-9-10(2)16-8-17-13(9)14(19)18-12-6-4-11(5-7-12)15(20)21-3/h4-8H,1-3H3,(H,18,19). The molecule has 1 N–H and O–H groups in total. The number of amides is 1. The minimum Gasteiger partial charge on any atom is -0.465 e. The lowest BCUT2D eigenvalue weighted by atomic mass is 10.1. The average molecular weight is 285 g/mol. The van der Waals surface area contributed by atoms with Crippen LogP contribution in [0, 0.1) is 13.8 Å². The number of ether oxygens (including phenoxy) is 1. The minimum atomic E-state index is -0.421. The second-order valence-electron chi connectivity index (χ2n) is 4.46. The van der Waals surface area contributed by atoms with Crippen LogP contribution >= 0.6 is 0 Å². The Morgan fingerprint density at radius 1 is 1.10 bits per heavy atom. The van der Waals surface area contributed by atoms with Crippen molar-refractivity contribution in [1.82, 2.24) is 9.97 Å². The molecule has 0 unspecified atom stereocenters. The van der Waals surface area contributed by atoms with Gasteiger partial charge in [-0.25, -0.2) is 14.8 Å². The van der Waals surface area contributed by atoms with E-state index in [0.29, 0.717) is 16.9 Å². The number of benzene rings is 1. The van der Waals surface area contributed by atoms with Gasteiger partial charge in [0.05, 0.1) is 12.7 Å². The zero-order chi connectivity index (χ0) is 15.4. The van der Waals surface area contributed by atoms with E-state index in [1.54, 1.807) is 31.2 Å². The molecule has 0 saturated heterocycles. The summed E-state index contributed by atoms with van der Waals surface area (Å²) in [6.07, 6.45) is 1.36. The molecule has 6 nitrogen and oxygen atoms in total. The van der Waals surface area contributed by atoms with E-state index in [1.807, 2.05) is 6.92 Å². The molecule has 0 aliphatic rings. The molecular formula is C15H15N3O3. The molecule has 2 rings (SSSR count). The maximum absolute atomic E-state index is 12.2. The van der Waals surface area contributed by atoms with Crippen LogP contribution in [0.25, 0.3) is 0 Å². The van der Waals surface area contributed by atoms with Gasteiger partial charge in [-0.3, -0.25) is 4.79 Å². The summed E-state index contributed by atoms with van der Waals surface area (Å²) in [7, 11) is 1.32. The number of esters is 1. The second-order valence-corrected chi connectivity index (χ2v) is 4.46. The van der Waals surface area contributed by atoms with E-state index in [4.69, 9.17) is 0 Å². The fraction of sp³-hybridized carbons (Fsp3) is 0.200. The number of carbonyl (C=O) groups excluding carboxylic acids is 2. The Morgan fingerprint density at radius 2 is 1.76 bits per heavy atom. The molecule has 1 amide bonds. The number of methoxy groups -OCH3 is 1. The Bertz CT molecular complexity index is 681. The van der Waals surface area contributed by atoms with Gasteiger partial charge in [0.2, 0.25) is 0 Å². The first kappa shape index (κ1) is 14.6. The summed E-state index contributed by atoms with van der Waals surface area (Å²) in [5.74, 6) is -0.737. The highest BCUT2D eigenvalue weighted by Gasteiger charge is 2.13. The van der Waals surface area contributed by atoms with Crippen LogP contribution in [0.4, 0.5) is 5.69 Å². The summed E-state index contributed by atoms with van der Waals surface area (Å²) in [5.41, 5.74) is 2.82. The van der Waals surface area contributed by atoms with Crippen LogP contribution in [0.5, 0.6) is 0 Å². The maximum atomic E-state index is 12.2. The number of rotatable bonds is 3.